The minimum Gasteiger partial charge on any atom is -0.389 e. The standard InChI is InChI=1S/C13H13BrN4S/c1-8-5-17-10(6-16-8)7-18-9-2-3-11(13(15)19)12(14)4-9/h2-6,18H,7H2,1H3,(H2,15,19). The maximum absolute atomic E-state index is 5.61. The highest BCUT2D eigenvalue weighted by atomic mass is 79.9. The van der Waals surface area contributed by atoms with Crippen LogP contribution in [-0.2, 0) is 6.54 Å². The van der Waals surface area contributed by atoms with Crippen LogP contribution in [0.2, 0.25) is 0 Å². The predicted octanol–water partition coefficient (Wildman–Crippen LogP) is 2.79. The fourth-order valence-electron chi connectivity index (χ4n) is 1.53. The van der Waals surface area contributed by atoms with E-state index in [4.69, 9.17) is 18.0 Å². The molecular formula is C13H13BrN4S. The highest BCUT2D eigenvalue weighted by Crippen LogP contribution is 2.21. The van der Waals surface area contributed by atoms with Crippen LogP contribution < -0.4 is 11.1 Å². The first-order valence-corrected chi connectivity index (χ1v) is 6.87. The van der Waals surface area contributed by atoms with Gasteiger partial charge in [0.05, 0.1) is 24.1 Å². The Morgan fingerprint density at radius 1 is 1.37 bits per heavy atom. The summed E-state index contributed by atoms with van der Waals surface area (Å²) in [5.41, 5.74) is 9.20. The molecule has 19 heavy (non-hydrogen) atoms. The molecule has 0 atom stereocenters. The van der Waals surface area contributed by atoms with Crippen molar-refractivity contribution in [3.63, 3.8) is 0 Å². The number of rotatable bonds is 4. The van der Waals surface area contributed by atoms with Gasteiger partial charge in [-0.25, -0.2) is 0 Å². The number of anilines is 1. The zero-order valence-corrected chi connectivity index (χ0v) is 12.8. The number of nitrogens with one attached hydrogen (secondary N) is 1. The highest BCUT2D eigenvalue weighted by Gasteiger charge is 2.04. The summed E-state index contributed by atoms with van der Waals surface area (Å²) in [6.07, 6.45) is 3.52. The number of aryl methyl sites for hydroxylation is 1. The smallest absolute Gasteiger partial charge is 0.105 e. The van der Waals surface area contributed by atoms with Crippen LogP contribution in [0.15, 0.2) is 35.1 Å². The lowest BCUT2D eigenvalue weighted by atomic mass is 10.2. The van der Waals surface area contributed by atoms with Crippen LogP contribution in [0.4, 0.5) is 5.69 Å². The van der Waals surface area contributed by atoms with Gasteiger partial charge < -0.3 is 11.1 Å². The topological polar surface area (TPSA) is 63.8 Å². The SMILES string of the molecule is Cc1cnc(CNc2ccc(C(N)=S)c(Br)c2)cn1. The number of nitrogens with zero attached hydrogens (tertiary/aromatic N) is 2. The monoisotopic (exact) mass is 336 g/mol. The summed E-state index contributed by atoms with van der Waals surface area (Å²) in [5, 5.41) is 3.27. The van der Waals surface area contributed by atoms with Gasteiger partial charge in [-0.2, -0.15) is 0 Å². The number of halogens is 1. The molecule has 98 valence electrons. The van der Waals surface area contributed by atoms with Crippen molar-refractivity contribution >= 4 is 38.8 Å². The Morgan fingerprint density at radius 3 is 2.74 bits per heavy atom. The van der Waals surface area contributed by atoms with Crippen molar-refractivity contribution in [3.8, 4) is 0 Å². The fourth-order valence-corrected chi connectivity index (χ4v) is 2.43. The molecule has 0 bridgehead atoms. The first kappa shape index (κ1) is 13.9. The zero-order chi connectivity index (χ0) is 13.8. The average Bonchev–Trinajstić information content (AvgIpc) is 2.37. The summed E-state index contributed by atoms with van der Waals surface area (Å²) < 4.78 is 0.875. The lowest BCUT2D eigenvalue weighted by Gasteiger charge is -2.08. The summed E-state index contributed by atoms with van der Waals surface area (Å²) in [5.74, 6) is 0. The minimum absolute atomic E-state index is 0.378. The van der Waals surface area contributed by atoms with E-state index in [1.54, 1.807) is 12.4 Å². The molecule has 1 heterocycles. The quantitative estimate of drug-likeness (QED) is 0.840. The molecule has 0 spiro atoms. The van der Waals surface area contributed by atoms with Crippen molar-refractivity contribution in [2.24, 2.45) is 5.73 Å². The maximum Gasteiger partial charge on any atom is 0.105 e. The zero-order valence-electron chi connectivity index (χ0n) is 10.4. The third kappa shape index (κ3) is 3.71. The Bertz CT molecular complexity index is 598. The number of hydrogen-bond acceptors (Lipinski definition) is 4. The first-order valence-electron chi connectivity index (χ1n) is 5.67. The van der Waals surface area contributed by atoms with Gasteiger partial charge in [0, 0.05) is 21.9 Å². The van der Waals surface area contributed by atoms with Crippen molar-refractivity contribution in [2.75, 3.05) is 5.32 Å². The molecule has 0 saturated carbocycles. The molecule has 4 nitrogen and oxygen atoms in total. The normalized spacial score (nSPS) is 10.2. The lowest BCUT2D eigenvalue weighted by Crippen LogP contribution is -2.10. The molecule has 0 aliphatic rings. The molecule has 0 radical (unpaired) electrons. The highest BCUT2D eigenvalue weighted by molar-refractivity contribution is 9.10. The molecule has 0 aliphatic carbocycles. The molecule has 6 heteroatoms. The van der Waals surface area contributed by atoms with Crippen molar-refractivity contribution in [1.29, 1.82) is 0 Å². The van der Waals surface area contributed by atoms with E-state index < -0.39 is 0 Å². The number of benzene rings is 1. The molecule has 0 amide bonds. The van der Waals surface area contributed by atoms with Crippen molar-refractivity contribution < 1.29 is 0 Å². The van der Waals surface area contributed by atoms with Crippen LogP contribution in [0.3, 0.4) is 0 Å². The molecule has 1 aromatic heterocycles. The van der Waals surface area contributed by atoms with Gasteiger partial charge in [0.25, 0.3) is 0 Å². The Balaban J connectivity index is 2.06. The van der Waals surface area contributed by atoms with Crippen LogP contribution in [0, 0.1) is 6.92 Å². The molecule has 2 rings (SSSR count). The summed E-state index contributed by atoms with van der Waals surface area (Å²) in [6, 6.07) is 5.76. The second-order valence-electron chi connectivity index (χ2n) is 4.06. The number of hydrogen-bond donors (Lipinski definition) is 2. The Morgan fingerprint density at radius 2 is 2.16 bits per heavy atom. The van der Waals surface area contributed by atoms with Gasteiger partial charge in [-0.05, 0) is 41.1 Å². The van der Waals surface area contributed by atoms with E-state index >= 15 is 0 Å². The second kappa shape index (κ2) is 6.08. The number of aromatic nitrogens is 2. The van der Waals surface area contributed by atoms with Crippen LogP contribution >= 0.6 is 28.1 Å². The predicted molar refractivity (Wildman–Crippen MR) is 84.1 cm³/mol. The summed E-state index contributed by atoms with van der Waals surface area (Å²) in [7, 11) is 0. The molecule has 2 aromatic rings. The van der Waals surface area contributed by atoms with E-state index in [2.05, 4.69) is 31.2 Å². The molecule has 3 N–H and O–H groups in total. The molecule has 1 aromatic carbocycles. The summed E-state index contributed by atoms with van der Waals surface area (Å²) in [6.45, 7) is 2.53. The molecular weight excluding hydrogens is 324 g/mol. The Hall–Kier alpha value is -1.53. The van der Waals surface area contributed by atoms with E-state index in [1.165, 1.54) is 0 Å². The van der Waals surface area contributed by atoms with E-state index in [0.717, 1.165) is 27.1 Å². The van der Waals surface area contributed by atoms with E-state index in [1.807, 2.05) is 25.1 Å². The van der Waals surface area contributed by atoms with E-state index in [9.17, 15) is 0 Å². The largest absolute Gasteiger partial charge is 0.389 e. The third-order valence-electron chi connectivity index (χ3n) is 2.54. The van der Waals surface area contributed by atoms with Gasteiger partial charge in [-0.15, -0.1) is 0 Å². The van der Waals surface area contributed by atoms with Crippen LogP contribution in [0.25, 0.3) is 0 Å². The molecule has 0 unspecified atom stereocenters. The van der Waals surface area contributed by atoms with Crippen LogP contribution in [0.1, 0.15) is 17.0 Å². The Labute approximate surface area is 125 Å². The van der Waals surface area contributed by atoms with Gasteiger partial charge >= 0.3 is 0 Å². The van der Waals surface area contributed by atoms with Crippen molar-refractivity contribution in [2.45, 2.75) is 13.5 Å². The van der Waals surface area contributed by atoms with E-state index in [-0.39, 0.29) is 0 Å². The van der Waals surface area contributed by atoms with Gasteiger partial charge in [0.2, 0.25) is 0 Å². The summed E-state index contributed by atoms with van der Waals surface area (Å²) in [4.78, 5) is 8.86. The van der Waals surface area contributed by atoms with Crippen molar-refractivity contribution in [3.05, 3.63) is 52.0 Å². The minimum atomic E-state index is 0.378. The van der Waals surface area contributed by atoms with Crippen LogP contribution in [-0.4, -0.2) is 15.0 Å². The van der Waals surface area contributed by atoms with Gasteiger partial charge in [0.1, 0.15) is 4.99 Å². The molecule has 0 aliphatic heterocycles. The van der Waals surface area contributed by atoms with E-state index in [0.29, 0.717) is 11.5 Å². The molecule has 0 fully saturated rings. The Kier molecular flexibility index (Phi) is 4.44. The third-order valence-corrected chi connectivity index (χ3v) is 3.42. The van der Waals surface area contributed by atoms with Crippen LogP contribution in [0.5, 0.6) is 0 Å². The first-order chi connectivity index (χ1) is 9.06. The van der Waals surface area contributed by atoms with Crippen molar-refractivity contribution in [1.82, 2.24) is 9.97 Å². The van der Waals surface area contributed by atoms with Gasteiger partial charge in [0.15, 0.2) is 0 Å². The van der Waals surface area contributed by atoms with Gasteiger partial charge in [-0.3, -0.25) is 9.97 Å². The summed E-state index contributed by atoms with van der Waals surface area (Å²) >= 11 is 8.40. The average molecular weight is 337 g/mol. The maximum atomic E-state index is 5.61. The fraction of sp³-hybridized carbons (Fsp3) is 0.154. The van der Waals surface area contributed by atoms with Gasteiger partial charge in [-0.1, -0.05) is 12.2 Å². The molecule has 0 saturated heterocycles. The number of thiocarbonyl (C=S) groups is 1. The number of nitrogens with two attached hydrogens (primary N) is 1. The lowest BCUT2D eigenvalue weighted by molar-refractivity contribution is 0.984. The second-order valence-corrected chi connectivity index (χ2v) is 5.36.